The Kier molecular flexibility index (Phi) is 7.20. The first-order chi connectivity index (χ1) is 17.9. The van der Waals surface area contributed by atoms with Gasteiger partial charge in [-0.25, -0.2) is 9.78 Å². The summed E-state index contributed by atoms with van der Waals surface area (Å²) >= 11 is 0. The third kappa shape index (κ3) is 4.70. The van der Waals surface area contributed by atoms with Crippen molar-refractivity contribution in [1.29, 1.82) is 0 Å². The van der Waals surface area contributed by atoms with Crippen LogP contribution in [0.25, 0.3) is 11.0 Å². The van der Waals surface area contributed by atoms with Gasteiger partial charge in [0.2, 0.25) is 0 Å². The number of aliphatic hydroxyl groups is 1. The van der Waals surface area contributed by atoms with Crippen LogP contribution in [0.4, 0.5) is 10.5 Å². The van der Waals surface area contributed by atoms with Crippen molar-refractivity contribution in [2.75, 3.05) is 18.6 Å². The monoisotopic (exact) mass is 505 g/mol. The third-order valence-electron chi connectivity index (χ3n) is 8.16. The number of fused-ring (bicyclic) bond motifs is 3. The molecule has 0 radical (unpaired) electrons. The molecule has 8 heteroatoms. The molecule has 2 aromatic carbocycles. The van der Waals surface area contributed by atoms with Gasteiger partial charge < -0.3 is 19.5 Å². The normalized spacial score (nSPS) is 22.5. The van der Waals surface area contributed by atoms with Crippen LogP contribution >= 0.6 is 0 Å². The van der Waals surface area contributed by atoms with E-state index in [0.29, 0.717) is 0 Å². The van der Waals surface area contributed by atoms with Gasteiger partial charge in [-0.05, 0) is 62.6 Å². The average Bonchev–Trinajstić information content (AvgIpc) is 3.30. The van der Waals surface area contributed by atoms with Gasteiger partial charge in [0.15, 0.2) is 0 Å². The summed E-state index contributed by atoms with van der Waals surface area (Å²) in [5.74, 6) is -0.640. The van der Waals surface area contributed by atoms with E-state index < -0.39 is 11.9 Å². The standard InChI is InChI=1S/C29H35N3O5/c1-18-11-12-22-24(31(18)29(36)37-2)13-14-25-27(22)30-26(32(25)21-10-6-7-19(15-21)17-33)16-23(28(34)35)20-8-4-3-5-9-20/h3-5,8-9,13-14,18-19,21,23,33H,6-7,10-12,15-17H2,1-2H3,(H,34,35)/t18-,19+,21+,23-/m0/s1. The molecule has 3 aromatic rings. The van der Waals surface area contributed by atoms with Crippen LogP contribution in [-0.4, -0.2) is 51.6 Å². The summed E-state index contributed by atoms with van der Waals surface area (Å²) in [5, 5.41) is 20.1. The van der Waals surface area contributed by atoms with Crippen LogP contribution in [-0.2, 0) is 22.4 Å². The van der Waals surface area contributed by atoms with E-state index in [9.17, 15) is 19.8 Å². The number of hydrogen-bond donors (Lipinski definition) is 2. The first-order valence-electron chi connectivity index (χ1n) is 13.2. The Labute approximate surface area is 216 Å². The molecule has 1 aliphatic heterocycles. The van der Waals surface area contributed by atoms with E-state index in [-0.39, 0.29) is 37.1 Å². The van der Waals surface area contributed by atoms with Gasteiger partial charge in [0.25, 0.3) is 0 Å². The summed E-state index contributed by atoms with van der Waals surface area (Å²) in [6, 6.07) is 13.4. The Hall–Kier alpha value is -3.39. The second-order valence-corrected chi connectivity index (χ2v) is 10.4. The number of amides is 1. The highest BCUT2D eigenvalue weighted by Gasteiger charge is 2.34. The number of methoxy groups -OCH3 is 1. The summed E-state index contributed by atoms with van der Waals surface area (Å²) in [7, 11) is 1.39. The van der Waals surface area contributed by atoms with Gasteiger partial charge in [-0.15, -0.1) is 0 Å². The van der Waals surface area contributed by atoms with Crippen molar-refractivity contribution >= 4 is 28.8 Å². The number of benzene rings is 2. The summed E-state index contributed by atoms with van der Waals surface area (Å²) in [4.78, 5) is 31.8. The Morgan fingerprint density at radius 1 is 1.14 bits per heavy atom. The lowest BCUT2D eigenvalue weighted by Crippen LogP contribution is -2.42. The van der Waals surface area contributed by atoms with E-state index in [2.05, 4.69) is 4.57 Å². The molecule has 2 N–H and O–H groups in total. The maximum atomic E-state index is 12.6. The van der Waals surface area contributed by atoms with E-state index in [1.807, 2.05) is 49.4 Å². The predicted octanol–water partition coefficient (Wildman–Crippen LogP) is 5.08. The van der Waals surface area contributed by atoms with Crippen LogP contribution in [0.2, 0.25) is 0 Å². The molecular weight excluding hydrogens is 470 g/mol. The highest BCUT2D eigenvalue weighted by molar-refractivity contribution is 5.95. The molecule has 37 heavy (non-hydrogen) atoms. The molecule has 8 nitrogen and oxygen atoms in total. The average molecular weight is 506 g/mol. The molecule has 1 aromatic heterocycles. The zero-order chi connectivity index (χ0) is 26.1. The van der Waals surface area contributed by atoms with Gasteiger partial charge in [-0.1, -0.05) is 36.8 Å². The summed E-state index contributed by atoms with van der Waals surface area (Å²) in [6.45, 7) is 2.17. The highest BCUT2D eigenvalue weighted by atomic mass is 16.5. The van der Waals surface area contributed by atoms with Crippen molar-refractivity contribution in [3.63, 3.8) is 0 Å². The van der Waals surface area contributed by atoms with E-state index >= 15 is 0 Å². The molecular formula is C29H35N3O5. The Morgan fingerprint density at radius 3 is 2.62 bits per heavy atom. The highest BCUT2D eigenvalue weighted by Crippen LogP contribution is 2.41. The molecule has 196 valence electrons. The van der Waals surface area contributed by atoms with Crippen LogP contribution in [0, 0.1) is 5.92 Å². The van der Waals surface area contributed by atoms with Crippen molar-refractivity contribution < 1.29 is 24.5 Å². The zero-order valence-corrected chi connectivity index (χ0v) is 21.5. The van der Waals surface area contributed by atoms with Crippen LogP contribution in [0.1, 0.15) is 67.9 Å². The molecule has 2 aliphatic rings. The lowest BCUT2D eigenvalue weighted by Gasteiger charge is -2.34. The molecule has 5 rings (SSSR count). The maximum Gasteiger partial charge on any atom is 0.414 e. The van der Waals surface area contributed by atoms with Crippen LogP contribution in [0.5, 0.6) is 0 Å². The summed E-state index contributed by atoms with van der Waals surface area (Å²) in [5.41, 5.74) is 4.36. The lowest BCUT2D eigenvalue weighted by atomic mass is 9.85. The molecule has 0 saturated heterocycles. The van der Waals surface area contributed by atoms with Crippen molar-refractivity contribution in [2.24, 2.45) is 5.92 Å². The third-order valence-corrected chi connectivity index (χ3v) is 8.16. The van der Waals surface area contributed by atoms with E-state index in [1.54, 1.807) is 4.90 Å². The fourth-order valence-electron chi connectivity index (χ4n) is 6.25. The van der Waals surface area contributed by atoms with Gasteiger partial charge in [0, 0.05) is 30.7 Å². The van der Waals surface area contributed by atoms with Crippen LogP contribution in [0.15, 0.2) is 42.5 Å². The largest absolute Gasteiger partial charge is 0.481 e. The number of aryl methyl sites for hydroxylation is 1. The second-order valence-electron chi connectivity index (χ2n) is 10.4. The number of rotatable bonds is 6. The lowest BCUT2D eigenvalue weighted by molar-refractivity contribution is -0.138. The van der Waals surface area contributed by atoms with E-state index in [1.165, 1.54) is 7.11 Å². The number of carbonyl (C=O) groups excluding carboxylic acids is 1. The fraction of sp³-hybridized carbons (Fsp3) is 0.483. The molecule has 1 amide bonds. The molecule has 4 atom stereocenters. The van der Waals surface area contributed by atoms with E-state index in [0.717, 1.165) is 72.2 Å². The first kappa shape index (κ1) is 25.3. The fourth-order valence-corrected chi connectivity index (χ4v) is 6.25. The number of carboxylic acids is 1. The number of anilines is 1. The predicted molar refractivity (Wildman–Crippen MR) is 141 cm³/mol. The number of hydrogen-bond acceptors (Lipinski definition) is 5. The molecule has 2 heterocycles. The number of aliphatic hydroxyl groups excluding tert-OH is 1. The molecule has 1 aliphatic carbocycles. The number of ether oxygens (including phenoxy) is 1. The summed E-state index contributed by atoms with van der Waals surface area (Å²) < 4.78 is 7.31. The minimum Gasteiger partial charge on any atom is -0.481 e. The number of carbonyl (C=O) groups is 2. The number of imidazole rings is 1. The van der Waals surface area contributed by atoms with Gasteiger partial charge in [0.1, 0.15) is 5.82 Å². The van der Waals surface area contributed by atoms with E-state index in [4.69, 9.17) is 9.72 Å². The smallest absolute Gasteiger partial charge is 0.414 e. The topological polar surface area (TPSA) is 105 Å². The minimum absolute atomic E-state index is 0.0112. The van der Waals surface area contributed by atoms with Crippen molar-refractivity contribution in [1.82, 2.24) is 9.55 Å². The quantitative estimate of drug-likeness (QED) is 0.484. The van der Waals surface area contributed by atoms with Gasteiger partial charge in [0.05, 0.1) is 29.7 Å². The number of aromatic nitrogens is 2. The minimum atomic E-state index is -0.880. The number of carboxylic acid groups (broad SMARTS) is 1. The Morgan fingerprint density at radius 2 is 1.92 bits per heavy atom. The van der Waals surface area contributed by atoms with Crippen molar-refractivity contribution in [3.8, 4) is 0 Å². The number of nitrogens with zero attached hydrogens (tertiary/aromatic N) is 3. The first-order valence-corrected chi connectivity index (χ1v) is 13.2. The van der Waals surface area contributed by atoms with Gasteiger partial charge in [-0.2, -0.15) is 0 Å². The molecule has 0 bridgehead atoms. The van der Waals surface area contributed by atoms with Crippen molar-refractivity contribution in [3.05, 3.63) is 59.4 Å². The SMILES string of the molecule is COC(=O)N1c2ccc3c(nc(C[C@H](C(=O)O)c4ccccc4)n3[C@@H]3CCC[C@@H](CO)C3)c2CC[C@@H]1C. The number of aliphatic carboxylic acids is 1. The molecule has 0 spiro atoms. The second kappa shape index (κ2) is 10.5. The zero-order valence-electron chi connectivity index (χ0n) is 21.5. The molecule has 1 fully saturated rings. The van der Waals surface area contributed by atoms with Gasteiger partial charge >= 0.3 is 12.1 Å². The van der Waals surface area contributed by atoms with Crippen LogP contribution < -0.4 is 4.90 Å². The van der Waals surface area contributed by atoms with Gasteiger partial charge in [-0.3, -0.25) is 9.69 Å². The molecule has 0 unspecified atom stereocenters. The Balaban J connectivity index is 1.66. The van der Waals surface area contributed by atoms with Crippen molar-refractivity contribution in [2.45, 2.75) is 69.9 Å². The molecule has 1 saturated carbocycles. The Bertz CT molecular complexity index is 1290. The maximum absolute atomic E-state index is 12.6. The summed E-state index contributed by atoms with van der Waals surface area (Å²) in [6.07, 6.45) is 5.25. The van der Waals surface area contributed by atoms with Crippen LogP contribution in [0.3, 0.4) is 0 Å².